The van der Waals surface area contributed by atoms with E-state index >= 15 is 0 Å². The lowest BCUT2D eigenvalue weighted by atomic mass is 9.86. The zero-order chi connectivity index (χ0) is 22.4. The highest BCUT2D eigenvalue weighted by molar-refractivity contribution is 7.17. The summed E-state index contributed by atoms with van der Waals surface area (Å²) in [6, 6.07) is 2.58. The van der Waals surface area contributed by atoms with Gasteiger partial charge in [-0.05, 0) is 51.8 Å². The molecule has 3 rings (SSSR count). The minimum atomic E-state index is -1.08. The summed E-state index contributed by atoms with van der Waals surface area (Å²) >= 11 is 0.783. The Bertz CT molecular complexity index is 830. The lowest BCUT2D eigenvalue weighted by Crippen LogP contribution is -2.64. The highest BCUT2D eigenvalue weighted by atomic mass is 32.1. The van der Waals surface area contributed by atoms with Gasteiger partial charge in [0.05, 0.1) is 16.4 Å². The van der Waals surface area contributed by atoms with Gasteiger partial charge in [0.15, 0.2) is 0 Å². The third-order valence-corrected chi connectivity index (χ3v) is 6.63. The molecule has 12 heteroatoms. The molecule has 3 N–H and O–H groups in total. The van der Waals surface area contributed by atoms with E-state index < -0.39 is 16.4 Å². The van der Waals surface area contributed by atoms with E-state index in [2.05, 4.69) is 16.0 Å². The molecule has 0 aromatic carbocycles. The largest absolute Gasteiger partial charge is 0.450 e. The van der Waals surface area contributed by atoms with Gasteiger partial charge in [0.1, 0.15) is 5.54 Å². The second kappa shape index (κ2) is 10.1. The van der Waals surface area contributed by atoms with Crippen molar-refractivity contribution in [2.45, 2.75) is 44.2 Å². The molecule has 3 heterocycles. The van der Waals surface area contributed by atoms with Gasteiger partial charge in [-0.3, -0.25) is 19.7 Å². The van der Waals surface area contributed by atoms with Crippen LogP contribution in [-0.4, -0.2) is 72.1 Å². The second-order valence-electron chi connectivity index (χ2n) is 7.61. The number of ether oxygens (including phenoxy) is 1. The van der Waals surface area contributed by atoms with Crippen molar-refractivity contribution in [3.05, 3.63) is 27.1 Å². The van der Waals surface area contributed by atoms with E-state index in [1.807, 2.05) is 0 Å². The van der Waals surface area contributed by atoms with Gasteiger partial charge in [0, 0.05) is 25.2 Å². The van der Waals surface area contributed by atoms with Gasteiger partial charge in [-0.25, -0.2) is 4.79 Å². The summed E-state index contributed by atoms with van der Waals surface area (Å²) in [4.78, 5) is 50.0. The number of hydrogen-bond donors (Lipinski definition) is 3. The highest BCUT2D eigenvalue weighted by Gasteiger charge is 2.42. The van der Waals surface area contributed by atoms with E-state index in [4.69, 9.17) is 4.74 Å². The molecule has 2 fully saturated rings. The zero-order valence-corrected chi connectivity index (χ0v) is 18.2. The Morgan fingerprint density at radius 3 is 2.55 bits per heavy atom. The summed E-state index contributed by atoms with van der Waals surface area (Å²) in [5.74, 6) is -0.754. The molecule has 3 amide bonds. The van der Waals surface area contributed by atoms with Crippen molar-refractivity contribution in [3.63, 3.8) is 0 Å². The van der Waals surface area contributed by atoms with Crippen LogP contribution >= 0.6 is 11.3 Å². The van der Waals surface area contributed by atoms with Crippen LogP contribution < -0.4 is 16.0 Å². The molecule has 0 spiro atoms. The van der Waals surface area contributed by atoms with Crippen LogP contribution in [0.5, 0.6) is 0 Å². The maximum atomic E-state index is 13.2. The van der Waals surface area contributed by atoms with E-state index in [1.54, 1.807) is 11.8 Å². The lowest BCUT2D eigenvalue weighted by Gasteiger charge is -2.39. The molecular weight excluding hydrogens is 426 g/mol. The molecule has 0 unspecified atom stereocenters. The first-order chi connectivity index (χ1) is 14.8. The van der Waals surface area contributed by atoms with Crippen LogP contribution in [-0.2, 0) is 9.53 Å². The second-order valence-corrected chi connectivity index (χ2v) is 8.68. The molecule has 0 atom stereocenters. The molecule has 0 radical (unpaired) electrons. The molecule has 170 valence electrons. The van der Waals surface area contributed by atoms with Gasteiger partial charge in [0.2, 0.25) is 5.91 Å². The number of piperidine rings is 2. The quantitative estimate of drug-likeness (QED) is 0.434. The zero-order valence-electron chi connectivity index (χ0n) is 17.3. The van der Waals surface area contributed by atoms with E-state index in [-0.39, 0.29) is 27.9 Å². The molecule has 31 heavy (non-hydrogen) atoms. The van der Waals surface area contributed by atoms with Crippen molar-refractivity contribution in [2.75, 3.05) is 32.8 Å². The Balaban J connectivity index is 1.63. The fourth-order valence-electron chi connectivity index (χ4n) is 3.83. The first kappa shape index (κ1) is 22.9. The number of thiophene rings is 1. The Morgan fingerprint density at radius 1 is 1.29 bits per heavy atom. The average Bonchev–Trinajstić information content (AvgIpc) is 3.26. The SMILES string of the molecule is CCOC(=O)N1CCC(NC(=O)C2(NC(=O)c3ccc([N+](=O)[O-])s3)CCNCC2)CC1. The predicted octanol–water partition coefficient (Wildman–Crippen LogP) is 1.25. The number of likely N-dealkylation sites (tertiary alicyclic amines) is 1. The Labute approximate surface area is 183 Å². The minimum absolute atomic E-state index is 0.107. The number of carbonyl (C=O) groups is 3. The van der Waals surface area contributed by atoms with Crippen molar-refractivity contribution in [3.8, 4) is 0 Å². The summed E-state index contributed by atoms with van der Waals surface area (Å²) in [6.07, 6.45) is 1.69. The summed E-state index contributed by atoms with van der Waals surface area (Å²) in [6.45, 7) is 4.19. The van der Waals surface area contributed by atoms with Crippen molar-refractivity contribution >= 4 is 34.2 Å². The minimum Gasteiger partial charge on any atom is -0.450 e. The van der Waals surface area contributed by atoms with E-state index in [0.717, 1.165) is 11.3 Å². The Hall–Kier alpha value is -2.73. The molecule has 2 aliphatic heterocycles. The maximum Gasteiger partial charge on any atom is 0.409 e. The van der Waals surface area contributed by atoms with Gasteiger partial charge < -0.3 is 25.6 Å². The summed E-state index contributed by atoms with van der Waals surface area (Å²) < 4.78 is 5.02. The number of nitrogens with one attached hydrogen (secondary N) is 3. The standard InChI is InChI=1S/C19H27N5O6S/c1-2-30-18(27)23-11-5-13(6-12-23)21-17(26)19(7-9-20-10-8-19)22-16(25)14-3-4-15(31-14)24(28)29/h3-4,13,20H,2,5-12H2,1H3,(H,21,26)(H,22,25). The van der Waals surface area contributed by atoms with Crippen LogP contribution in [0.25, 0.3) is 0 Å². The van der Waals surface area contributed by atoms with Crippen LogP contribution in [0.15, 0.2) is 12.1 Å². The van der Waals surface area contributed by atoms with E-state index in [9.17, 15) is 24.5 Å². The van der Waals surface area contributed by atoms with Crippen LogP contribution in [0.3, 0.4) is 0 Å². The van der Waals surface area contributed by atoms with Crippen LogP contribution in [0.4, 0.5) is 9.80 Å². The Morgan fingerprint density at radius 2 is 1.97 bits per heavy atom. The summed E-state index contributed by atoms with van der Waals surface area (Å²) in [7, 11) is 0. The van der Waals surface area contributed by atoms with Crippen LogP contribution in [0, 0.1) is 10.1 Å². The molecule has 11 nitrogen and oxygen atoms in total. The van der Waals surface area contributed by atoms with Crippen molar-refractivity contribution in [1.82, 2.24) is 20.9 Å². The average molecular weight is 454 g/mol. The molecule has 0 bridgehead atoms. The van der Waals surface area contributed by atoms with Gasteiger partial charge in [-0.1, -0.05) is 11.3 Å². The molecule has 2 saturated heterocycles. The first-order valence-electron chi connectivity index (χ1n) is 10.3. The molecule has 1 aromatic rings. The number of rotatable bonds is 6. The third kappa shape index (κ3) is 5.50. The number of nitro groups is 1. The van der Waals surface area contributed by atoms with Crippen LogP contribution in [0.2, 0.25) is 0 Å². The van der Waals surface area contributed by atoms with Crippen molar-refractivity contribution < 1.29 is 24.0 Å². The summed E-state index contributed by atoms with van der Waals surface area (Å²) in [5.41, 5.74) is -1.08. The van der Waals surface area contributed by atoms with Crippen LogP contribution in [0.1, 0.15) is 42.3 Å². The first-order valence-corrected chi connectivity index (χ1v) is 11.2. The van der Waals surface area contributed by atoms with E-state index in [1.165, 1.54) is 12.1 Å². The number of amides is 3. The van der Waals surface area contributed by atoms with Gasteiger partial charge in [-0.15, -0.1) is 0 Å². The monoisotopic (exact) mass is 453 g/mol. The lowest BCUT2D eigenvalue weighted by molar-refractivity contribution is -0.380. The Kier molecular flexibility index (Phi) is 7.44. The fourth-order valence-corrected chi connectivity index (χ4v) is 4.55. The van der Waals surface area contributed by atoms with E-state index in [0.29, 0.717) is 58.5 Å². The number of carbonyl (C=O) groups excluding carboxylic acids is 3. The molecule has 2 aliphatic rings. The molecule has 0 saturated carbocycles. The van der Waals surface area contributed by atoms with Gasteiger partial charge in [-0.2, -0.15) is 0 Å². The normalized spacial score (nSPS) is 18.8. The smallest absolute Gasteiger partial charge is 0.409 e. The molecular formula is C19H27N5O6S. The summed E-state index contributed by atoms with van der Waals surface area (Å²) in [5, 5.41) is 19.8. The van der Waals surface area contributed by atoms with Crippen molar-refractivity contribution in [1.29, 1.82) is 0 Å². The highest BCUT2D eigenvalue weighted by Crippen LogP contribution is 2.26. The third-order valence-electron chi connectivity index (χ3n) is 5.60. The number of hydrogen-bond acceptors (Lipinski definition) is 8. The number of nitrogens with zero attached hydrogens (tertiary/aromatic N) is 2. The molecule has 0 aliphatic carbocycles. The predicted molar refractivity (Wildman–Crippen MR) is 113 cm³/mol. The van der Waals surface area contributed by atoms with Gasteiger partial charge >= 0.3 is 11.1 Å². The molecule has 1 aromatic heterocycles. The van der Waals surface area contributed by atoms with Gasteiger partial charge in [0.25, 0.3) is 5.91 Å². The fraction of sp³-hybridized carbons (Fsp3) is 0.632. The van der Waals surface area contributed by atoms with Crippen molar-refractivity contribution in [2.24, 2.45) is 0 Å². The topological polar surface area (TPSA) is 143 Å². The maximum absolute atomic E-state index is 13.2.